The molecular weight excluding hydrogens is 459 g/mol. The summed E-state index contributed by atoms with van der Waals surface area (Å²) in [5.74, 6) is -0.0470. The molecule has 0 aliphatic rings. The Bertz CT molecular complexity index is 1440. The Labute approximate surface area is 199 Å². The standard InChI is InChI=1S/C29H19F5O/c1-2-13-35-22-9-5-18(6-10-22)3-4-20-15-25(30)24(26(31)16-20)12-8-19-7-11-23-21(14-19)17-27(32)29(34)28(23)33/h2,5-7,9-11,14-17H,1,3-4,13H2. The molecule has 0 N–H and O–H groups in total. The highest BCUT2D eigenvalue weighted by atomic mass is 19.2. The van der Waals surface area contributed by atoms with E-state index in [4.69, 9.17) is 4.74 Å². The van der Waals surface area contributed by atoms with E-state index >= 15 is 0 Å². The van der Waals surface area contributed by atoms with Gasteiger partial charge in [-0.3, -0.25) is 0 Å². The van der Waals surface area contributed by atoms with Gasteiger partial charge in [-0.15, -0.1) is 0 Å². The molecule has 0 spiro atoms. The summed E-state index contributed by atoms with van der Waals surface area (Å²) in [6, 6.07) is 14.7. The van der Waals surface area contributed by atoms with Gasteiger partial charge in [0, 0.05) is 10.9 Å². The molecule has 176 valence electrons. The normalized spacial score (nSPS) is 10.7. The van der Waals surface area contributed by atoms with E-state index in [-0.39, 0.29) is 16.3 Å². The van der Waals surface area contributed by atoms with Crippen molar-refractivity contribution < 1.29 is 26.7 Å². The third kappa shape index (κ3) is 5.52. The molecule has 0 amide bonds. The van der Waals surface area contributed by atoms with Crippen LogP contribution in [0.1, 0.15) is 22.3 Å². The second-order valence-electron chi connectivity index (χ2n) is 7.85. The lowest BCUT2D eigenvalue weighted by atomic mass is 10.0. The molecule has 0 fully saturated rings. The van der Waals surface area contributed by atoms with Crippen molar-refractivity contribution in [1.29, 1.82) is 0 Å². The van der Waals surface area contributed by atoms with Crippen LogP contribution < -0.4 is 4.74 Å². The van der Waals surface area contributed by atoms with Gasteiger partial charge in [-0.1, -0.05) is 42.7 Å². The molecule has 0 atom stereocenters. The molecule has 0 aliphatic heterocycles. The Kier molecular flexibility index (Phi) is 7.17. The first-order valence-corrected chi connectivity index (χ1v) is 10.8. The lowest BCUT2D eigenvalue weighted by Gasteiger charge is -2.07. The van der Waals surface area contributed by atoms with Gasteiger partial charge in [-0.25, -0.2) is 22.0 Å². The smallest absolute Gasteiger partial charge is 0.195 e. The van der Waals surface area contributed by atoms with Crippen molar-refractivity contribution in [1.82, 2.24) is 0 Å². The summed E-state index contributed by atoms with van der Waals surface area (Å²) in [4.78, 5) is 0. The molecule has 0 aliphatic carbocycles. The van der Waals surface area contributed by atoms with Crippen LogP contribution in [0, 0.1) is 40.9 Å². The fraction of sp³-hybridized carbons (Fsp3) is 0.103. The number of benzene rings is 4. The summed E-state index contributed by atoms with van der Waals surface area (Å²) < 4.78 is 75.4. The molecule has 0 heterocycles. The predicted octanol–water partition coefficient (Wildman–Crippen LogP) is 7.29. The van der Waals surface area contributed by atoms with Crippen molar-refractivity contribution in [3.8, 4) is 17.6 Å². The van der Waals surface area contributed by atoms with Crippen molar-refractivity contribution in [2.75, 3.05) is 6.61 Å². The van der Waals surface area contributed by atoms with Crippen molar-refractivity contribution >= 4 is 10.8 Å². The summed E-state index contributed by atoms with van der Waals surface area (Å²) in [7, 11) is 0. The molecule has 6 heteroatoms. The Morgan fingerprint density at radius 3 is 2.09 bits per heavy atom. The fourth-order valence-electron chi connectivity index (χ4n) is 3.60. The van der Waals surface area contributed by atoms with Crippen LogP contribution in [-0.2, 0) is 12.8 Å². The minimum Gasteiger partial charge on any atom is -0.490 e. The summed E-state index contributed by atoms with van der Waals surface area (Å²) in [6.45, 7) is 4.00. The van der Waals surface area contributed by atoms with Gasteiger partial charge in [-0.2, -0.15) is 0 Å². The van der Waals surface area contributed by atoms with Crippen molar-refractivity contribution in [2.24, 2.45) is 0 Å². The largest absolute Gasteiger partial charge is 0.490 e. The molecule has 0 bridgehead atoms. The number of aryl methyl sites for hydroxylation is 2. The summed E-state index contributed by atoms with van der Waals surface area (Å²) in [5, 5.41) is -0.0279. The van der Waals surface area contributed by atoms with E-state index in [1.54, 1.807) is 6.08 Å². The van der Waals surface area contributed by atoms with Crippen LogP contribution in [0.2, 0.25) is 0 Å². The summed E-state index contributed by atoms with van der Waals surface area (Å²) >= 11 is 0. The monoisotopic (exact) mass is 478 g/mol. The minimum absolute atomic E-state index is 0.0878. The third-order valence-corrected chi connectivity index (χ3v) is 5.40. The zero-order valence-corrected chi connectivity index (χ0v) is 18.5. The van der Waals surface area contributed by atoms with Gasteiger partial charge < -0.3 is 4.74 Å². The molecule has 0 aromatic heterocycles. The molecule has 4 aromatic carbocycles. The topological polar surface area (TPSA) is 9.23 Å². The molecule has 0 unspecified atom stereocenters. The predicted molar refractivity (Wildman–Crippen MR) is 126 cm³/mol. The van der Waals surface area contributed by atoms with E-state index in [1.165, 1.54) is 30.3 Å². The van der Waals surface area contributed by atoms with Crippen molar-refractivity contribution in [2.45, 2.75) is 12.8 Å². The van der Waals surface area contributed by atoms with Crippen LogP contribution in [0.5, 0.6) is 5.75 Å². The van der Waals surface area contributed by atoms with Crippen molar-refractivity contribution in [3.05, 3.63) is 125 Å². The Morgan fingerprint density at radius 2 is 1.40 bits per heavy atom. The maximum Gasteiger partial charge on any atom is 0.195 e. The Balaban J connectivity index is 1.50. The van der Waals surface area contributed by atoms with E-state index in [1.807, 2.05) is 24.3 Å². The lowest BCUT2D eigenvalue weighted by Crippen LogP contribution is -1.98. The van der Waals surface area contributed by atoms with E-state index in [0.717, 1.165) is 11.6 Å². The molecule has 0 saturated carbocycles. The molecule has 0 radical (unpaired) electrons. The van der Waals surface area contributed by atoms with Gasteiger partial charge in [-0.05, 0) is 71.8 Å². The summed E-state index contributed by atoms with van der Waals surface area (Å²) in [5.41, 5.74) is 1.33. The molecular formula is C29H19F5O. The molecule has 4 rings (SSSR count). The average Bonchev–Trinajstić information content (AvgIpc) is 2.85. The van der Waals surface area contributed by atoms with Crippen LogP contribution in [-0.4, -0.2) is 6.61 Å². The van der Waals surface area contributed by atoms with E-state index < -0.39 is 34.6 Å². The van der Waals surface area contributed by atoms with Gasteiger partial charge >= 0.3 is 0 Å². The van der Waals surface area contributed by atoms with Crippen LogP contribution in [0.3, 0.4) is 0 Å². The number of hydrogen-bond donors (Lipinski definition) is 0. The molecule has 35 heavy (non-hydrogen) atoms. The number of rotatable bonds is 6. The Hall–Kier alpha value is -4.11. The Morgan fingerprint density at radius 1 is 0.714 bits per heavy atom. The van der Waals surface area contributed by atoms with Crippen molar-refractivity contribution in [3.63, 3.8) is 0 Å². The van der Waals surface area contributed by atoms with Gasteiger partial charge in [0.25, 0.3) is 0 Å². The zero-order valence-electron chi connectivity index (χ0n) is 18.5. The van der Waals surface area contributed by atoms with E-state index in [2.05, 4.69) is 18.4 Å². The molecule has 4 aromatic rings. The number of hydrogen-bond acceptors (Lipinski definition) is 1. The fourth-order valence-corrected chi connectivity index (χ4v) is 3.60. The highest BCUT2D eigenvalue weighted by molar-refractivity contribution is 5.84. The van der Waals surface area contributed by atoms with Crippen LogP contribution in [0.15, 0.2) is 73.3 Å². The highest BCUT2D eigenvalue weighted by Gasteiger charge is 2.14. The van der Waals surface area contributed by atoms with Gasteiger partial charge in [0.2, 0.25) is 0 Å². The van der Waals surface area contributed by atoms with Gasteiger partial charge in [0.05, 0.1) is 5.56 Å². The molecule has 1 nitrogen and oxygen atoms in total. The minimum atomic E-state index is -1.56. The number of ether oxygens (including phenoxy) is 1. The molecule has 0 saturated heterocycles. The first kappa shape index (κ1) is 24.0. The maximum absolute atomic E-state index is 14.6. The van der Waals surface area contributed by atoms with Gasteiger partial charge in [0.1, 0.15) is 24.0 Å². The van der Waals surface area contributed by atoms with Crippen LogP contribution >= 0.6 is 0 Å². The summed E-state index contributed by atoms with van der Waals surface area (Å²) in [6.07, 6.45) is 2.65. The third-order valence-electron chi connectivity index (χ3n) is 5.40. The first-order chi connectivity index (χ1) is 16.9. The van der Waals surface area contributed by atoms with E-state index in [9.17, 15) is 22.0 Å². The number of fused-ring (bicyclic) bond motifs is 1. The second-order valence-corrected chi connectivity index (χ2v) is 7.85. The second kappa shape index (κ2) is 10.4. The van der Waals surface area contributed by atoms with Crippen LogP contribution in [0.25, 0.3) is 10.8 Å². The van der Waals surface area contributed by atoms with E-state index in [0.29, 0.717) is 30.8 Å². The van der Waals surface area contributed by atoms with Crippen LogP contribution in [0.4, 0.5) is 22.0 Å². The first-order valence-electron chi connectivity index (χ1n) is 10.8. The number of halogens is 5. The maximum atomic E-state index is 14.6. The van der Waals surface area contributed by atoms with Gasteiger partial charge in [0.15, 0.2) is 17.5 Å². The zero-order chi connectivity index (χ0) is 24.9. The average molecular weight is 478 g/mol. The SMILES string of the molecule is C=CCOc1ccc(CCc2cc(F)c(C#Cc3ccc4c(F)c(F)c(F)cc4c3)c(F)c2)cc1. The highest BCUT2D eigenvalue weighted by Crippen LogP contribution is 2.24. The quantitative estimate of drug-likeness (QED) is 0.122. The lowest BCUT2D eigenvalue weighted by molar-refractivity contribution is 0.363.